The Hall–Kier alpha value is -3.90. The maximum atomic E-state index is 13.0. The van der Waals surface area contributed by atoms with Crippen molar-refractivity contribution in [2.45, 2.75) is 6.61 Å². The van der Waals surface area contributed by atoms with Crippen molar-refractivity contribution in [1.29, 1.82) is 0 Å². The van der Waals surface area contributed by atoms with E-state index in [0.29, 0.717) is 28.7 Å². The van der Waals surface area contributed by atoms with E-state index in [4.69, 9.17) is 13.9 Å². The maximum absolute atomic E-state index is 13.0. The van der Waals surface area contributed by atoms with Crippen LogP contribution in [0.25, 0.3) is 28.7 Å². The van der Waals surface area contributed by atoms with E-state index in [2.05, 4.69) is 5.32 Å². The molecule has 150 valence electrons. The Bertz CT molecular complexity index is 1170. The van der Waals surface area contributed by atoms with Crippen LogP contribution in [0.5, 0.6) is 0 Å². The molecule has 0 spiro atoms. The van der Waals surface area contributed by atoms with Gasteiger partial charge in [0.2, 0.25) is 5.91 Å². The summed E-state index contributed by atoms with van der Waals surface area (Å²) < 4.78 is 24.2. The van der Waals surface area contributed by atoms with Gasteiger partial charge in [-0.1, -0.05) is 0 Å². The zero-order valence-corrected chi connectivity index (χ0v) is 15.8. The Morgan fingerprint density at radius 1 is 0.867 bits per heavy atom. The fourth-order valence-electron chi connectivity index (χ4n) is 2.89. The Kier molecular flexibility index (Phi) is 5.59. The normalized spacial score (nSPS) is 11.1. The van der Waals surface area contributed by atoms with E-state index in [1.165, 1.54) is 18.2 Å². The van der Waals surface area contributed by atoms with Crippen molar-refractivity contribution in [1.82, 2.24) is 0 Å². The van der Waals surface area contributed by atoms with Crippen LogP contribution in [0.1, 0.15) is 11.5 Å². The van der Waals surface area contributed by atoms with Crippen LogP contribution in [-0.4, -0.2) is 11.0 Å². The first-order chi connectivity index (χ1) is 14.6. The fraction of sp³-hybridized carbons (Fsp3) is 0.0417. The van der Waals surface area contributed by atoms with Gasteiger partial charge < -0.3 is 19.3 Å². The molecule has 6 heteroatoms. The number of hydrogen-bond donors (Lipinski definition) is 2. The van der Waals surface area contributed by atoms with Crippen LogP contribution in [0.2, 0.25) is 0 Å². The predicted octanol–water partition coefficient (Wildman–Crippen LogP) is 5.49. The first-order valence-corrected chi connectivity index (χ1v) is 9.25. The number of aliphatic hydroxyl groups is 1. The summed E-state index contributed by atoms with van der Waals surface area (Å²) in [4.78, 5) is 12.2. The Labute approximate surface area is 172 Å². The highest BCUT2D eigenvalue weighted by Crippen LogP contribution is 2.25. The lowest BCUT2D eigenvalue weighted by Gasteiger charge is -2.03. The van der Waals surface area contributed by atoms with Gasteiger partial charge in [-0.15, -0.1) is 0 Å². The summed E-state index contributed by atoms with van der Waals surface area (Å²) in [6.45, 7) is -0.151. The zero-order valence-electron chi connectivity index (χ0n) is 15.8. The van der Waals surface area contributed by atoms with Gasteiger partial charge in [-0.2, -0.15) is 0 Å². The van der Waals surface area contributed by atoms with Gasteiger partial charge in [0.25, 0.3) is 0 Å². The van der Waals surface area contributed by atoms with Gasteiger partial charge >= 0.3 is 0 Å². The van der Waals surface area contributed by atoms with E-state index < -0.39 is 0 Å². The minimum Gasteiger partial charge on any atom is -0.459 e. The number of halogens is 1. The van der Waals surface area contributed by atoms with Crippen LogP contribution in [0.15, 0.2) is 87.7 Å². The Morgan fingerprint density at radius 3 is 2.17 bits per heavy atom. The van der Waals surface area contributed by atoms with Crippen LogP contribution >= 0.6 is 0 Å². The molecule has 0 bridgehead atoms. The fourth-order valence-corrected chi connectivity index (χ4v) is 2.89. The molecule has 2 N–H and O–H groups in total. The summed E-state index contributed by atoms with van der Waals surface area (Å²) in [5, 5.41) is 11.8. The molecule has 0 saturated carbocycles. The monoisotopic (exact) mass is 403 g/mol. The minimum atomic E-state index is -0.311. The van der Waals surface area contributed by atoms with E-state index in [1.807, 2.05) is 12.1 Å². The SMILES string of the molecule is O=C(/C=C/c1ccc(-c2ccc(F)cc2)o1)Nc1ccc(-c2ccc(CO)o2)cc1. The lowest BCUT2D eigenvalue weighted by atomic mass is 10.1. The molecule has 2 aromatic heterocycles. The molecule has 2 heterocycles. The number of amides is 1. The van der Waals surface area contributed by atoms with Crippen molar-refractivity contribution in [3.63, 3.8) is 0 Å². The van der Waals surface area contributed by atoms with Crippen LogP contribution in [-0.2, 0) is 11.4 Å². The van der Waals surface area contributed by atoms with E-state index in [-0.39, 0.29) is 18.3 Å². The highest BCUT2D eigenvalue weighted by molar-refractivity contribution is 6.01. The molecule has 1 amide bonds. The van der Waals surface area contributed by atoms with Gasteiger partial charge in [0.05, 0.1) is 0 Å². The molecular weight excluding hydrogens is 385 g/mol. The second-order valence-electron chi connectivity index (χ2n) is 6.53. The van der Waals surface area contributed by atoms with Crippen molar-refractivity contribution in [3.8, 4) is 22.6 Å². The topological polar surface area (TPSA) is 75.6 Å². The average molecular weight is 403 g/mol. The minimum absolute atomic E-state index is 0.151. The number of hydrogen-bond acceptors (Lipinski definition) is 4. The smallest absolute Gasteiger partial charge is 0.248 e. The Balaban J connectivity index is 1.37. The second-order valence-corrected chi connectivity index (χ2v) is 6.53. The average Bonchev–Trinajstić information content (AvgIpc) is 3.43. The molecule has 0 atom stereocenters. The molecule has 0 aliphatic heterocycles. The van der Waals surface area contributed by atoms with Gasteiger partial charge in [-0.25, -0.2) is 4.39 Å². The van der Waals surface area contributed by atoms with Crippen LogP contribution in [0.3, 0.4) is 0 Å². The number of carbonyl (C=O) groups is 1. The number of carbonyl (C=O) groups excluding carboxylic acids is 1. The predicted molar refractivity (Wildman–Crippen MR) is 112 cm³/mol. The molecule has 0 radical (unpaired) electrons. The third-order valence-electron chi connectivity index (χ3n) is 4.41. The largest absolute Gasteiger partial charge is 0.459 e. The van der Waals surface area contributed by atoms with Crippen molar-refractivity contribution in [3.05, 3.63) is 96.2 Å². The third kappa shape index (κ3) is 4.56. The molecule has 4 aromatic rings. The summed E-state index contributed by atoms with van der Waals surface area (Å²) in [7, 11) is 0. The standard InChI is InChI=1S/C24H18FNO4/c25-18-5-1-16(2-6-18)22-12-9-20(29-22)11-14-24(28)26-19-7-3-17(4-8-19)23-13-10-21(15-27)30-23/h1-14,27H,15H2,(H,26,28)/b14-11+. The van der Waals surface area contributed by atoms with E-state index in [0.717, 1.165) is 11.1 Å². The molecule has 0 aliphatic carbocycles. The highest BCUT2D eigenvalue weighted by atomic mass is 19.1. The number of nitrogens with one attached hydrogen (secondary N) is 1. The van der Waals surface area contributed by atoms with Gasteiger partial charge in [0, 0.05) is 22.9 Å². The van der Waals surface area contributed by atoms with Crippen molar-refractivity contribution in [2.24, 2.45) is 0 Å². The molecular formula is C24H18FNO4. The Morgan fingerprint density at radius 2 is 1.50 bits per heavy atom. The summed E-state index contributed by atoms with van der Waals surface area (Å²) >= 11 is 0. The summed E-state index contributed by atoms with van der Waals surface area (Å²) in [5.41, 5.74) is 2.23. The zero-order chi connectivity index (χ0) is 20.9. The van der Waals surface area contributed by atoms with Crippen LogP contribution in [0, 0.1) is 5.82 Å². The summed E-state index contributed by atoms with van der Waals surface area (Å²) in [6.07, 6.45) is 2.94. The molecule has 0 fully saturated rings. The molecule has 30 heavy (non-hydrogen) atoms. The molecule has 0 unspecified atom stereocenters. The lowest BCUT2D eigenvalue weighted by molar-refractivity contribution is -0.111. The first-order valence-electron chi connectivity index (χ1n) is 9.25. The van der Waals surface area contributed by atoms with Crippen molar-refractivity contribution < 1.29 is 23.1 Å². The van der Waals surface area contributed by atoms with E-state index in [1.54, 1.807) is 54.6 Å². The van der Waals surface area contributed by atoms with Gasteiger partial charge in [0.15, 0.2) is 0 Å². The first kappa shape index (κ1) is 19.4. The highest BCUT2D eigenvalue weighted by Gasteiger charge is 2.06. The second kappa shape index (κ2) is 8.63. The molecule has 0 saturated heterocycles. The summed E-state index contributed by atoms with van der Waals surface area (Å²) in [5.74, 6) is 1.63. The maximum Gasteiger partial charge on any atom is 0.248 e. The van der Waals surface area contributed by atoms with E-state index >= 15 is 0 Å². The number of aliphatic hydroxyl groups excluding tert-OH is 1. The van der Waals surface area contributed by atoms with Gasteiger partial charge in [-0.05, 0) is 78.9 Å². The van der Waals surface area contributed by atoms with Gasteiger partial charge in [0.1, 0.15) is 35.5 Å². The number of benzene rings is 2. The van der Waals surface area contributed by atoms with Crippen LogP contribution in [0.4, 0.5) is 10.1 Å². The quantitative estimate of drug-likeness (QED) is 0.418. The molecule has 5 nitrogen and oxygen atoms in total. The van der Waals surface area contributed by atoms with Crippen molar-refractivity contribution in [2.75, 3.05) is 5.32 Å². The van der Waals surface area contributed by atoms with Crippen LogP contribution < -0.4 is 5.32 Å². The van der Waals surface area contributed by atoms with Crippen molar-refractivity contribution >= 4 is 17.7 Å². The van der Waals surface area contributed by atoms with E-state index in [9.17, 15) is 9.18 Å². The lowest BCUT2D eigenvalue weighted by Crippen LogP contribution is -2.07. The third-order valence-corrected chi connectivity index (χ3v) is 4.41. The molecule has 0 aliphatic rings. The summed E-state index contributed by atoms with van der Waals surface area (Å²) in [6, 6.07) is 20.2. The number of anilines is 1. The number of rotatable bonds is 6. The molecule has 2 aromatic carbocycles. The molecule has 4 rings (SSSR count). The van der Waals surface area contributed by atoms with Gasteiger partial charge in [-0.3, -0.25) is 4.79 Å². The number of furan rings is 2.